The van der Waals surface area contributed by atoms with Crippen LogP contribution in [0.1, 0.15) is 58.2 Å². The van der Waals surface area contributed by atoms with E-state index < -0.39 is 0 Å². The van der Waals surface area contributed by atoms with Crippen LogP contribution < -0.4 is 0 Å². The lowest BCUT2D eigenvalue weighted by Crippen LogP contribution is -2.17. The summed E-state index contributed by atoms with van der Waals surface area (Å²) < 4.78 is 0. The zero-order valence-corrected chi connectivity index (χ0v) is 11.8. The standard InChI is InChI=1S/C15H24O2/c1-14(2,3)11-7-10(9-16)8-12(13(11)17)15(4,5)6/h7-8,16-17H,9H2,1-6H3. The molecular weight excluding hydrogens is 212 g/mol. The average molecular weight is 236 g/mol. The summed E-state index contributed by atoms with van der Waals surface area (Å²) in [5, 5.41) is 19.7. The zero-order valence-electron chi connectivity index (χ0n) is 11.8. The first-order chi connectivity index (χ1) is 7.57. The fourth-order valence-electron chi connectivity index (χ4n) is 1.93. The Bertz CT molecular complexity index is 371. The van der Waals surface area contributed by atoms with Gasteiger partial charge in [-0.25, -0.2) is 0 Å². The molecule has 2 nitrogen and oxygen atoms in total. The van der Waals surface area contributed by atoms with Gasteiger partial charge in [-0.05, 0) is 39.7 Å². The number of aliphatic hydroxyl groups excluding tert-OH is 1. The van der Waals surface area contributed by atoms with Gasteiger partial charge < -0.3 is 10.2 Å². The molecule has 1 rings (SSSR count). The second kappa shape index (κ2) is 4.34. The number of phenolic OH excluding ortho intramolecular Hbond substituents is 1. The van der Waals surface area contributed by atoms with Gasteiger partial charge in [0.1, 0.15) is 5.75 Å². The molecule has 0 bridgehead atoms. The fourth-order valence-corrected chi connectivity index (χ4v) is 1.93. The maximum absolute atomic E-state index is 10.4. The zero-order chi connectivity index (χ0) is 13.4. The van der Waals surface area contributed by atoms with Gasteiger partial charge in [-0.3, -0.25) is 0 Å². The van der Waals surface area contributed by atoms with Crippen LogP contribution in [-0.4, -0.2) is 10.2 Å². The third-order valence-electron chi connectivity index (χ3n) is 2.97. The Kier molecular flexibility index (Phi) is 3.58. The lowest BCUT2D eigenvalue weighted by molar-refractivity contribution is 0.281. The van der Waals surface area contributed by atoms with Crippen LogP contribution in [-0.2, 0) is 17.4 Å². The number of hydrogen-bond donors (Lipinski definition) is 2. The van der Waals surface area contributed by atoms with Gasteiger partial charge in [-0.2, -0.15) is 0 Å². The molecule has 0 heterocycles. The van der Waals surface area contributed by atoms with Gasteiger partial charge in [0.15, 0.2) is 0 Å². The highest BCUT2D eigenvalue weighted by molar-refractivity contribution is 5.49. The average Bonchev–Trinajstić information content (AvgIpc) is 2.14. The molecule has 0 fully saturated rings. The molecule has 0 unspecified atom stereocenters. The largest absolute Gasteiger partial charge is 0.507 e. The molecule has 1 aromatic rings. The predicted octanol–water partition coefficient (Wildman–Crippen LogP) is 3.48. The summed E-state index contributed by atoms with van der Waals surface area (Å²) in [5.74, 6) is 0.363. The van der Waals surface area contributed by atoms with Crippen molar-refractivity contribution in [1.82, 2.24) is 0 Å². The number of rotatable bonds is 1. The number of benzene rings is 1. The minimum absolute atomic E-state index is 0.00639. The van der Waals surface area contributed by atoms with Crippen LogP contribution in [0.2, 0.25) is 0 Å². The van der Waals surface area contributed by atoms with E-state index in [0.29, 0.717) is 5.75 Å². The molecule has 0 aliphatic rings. The maximum Gasteiger partial charge on any atom is 0.123 e. The Labute approximate surface area is 104 Å². The molecule has 17 heavy (non-hydrogen) atoms. The van der Waals surface area contributed by atoms with Gasteiger partial charge in [0, 0.05) is 0 Å². The van der Waals surface area contributed by atoms with Crippen molar-refractivity contribution < 1.29 is 10.2 Å². The van der Waals surface area contributed by atoms with Crippen molar-refractivity contribution in [3.63, 3.8) is 0 Å². The lowest BCUT2D eigenvalue weighted by Gasteiger charge is -2.28. The fraction of sp³-hybridized carbons (Fsp3) is 0.600. The van der Waals surface area contributed by atoms with Crippen molar-refractivity contribution >= 4 is 0 Å². The molecule has 0 aliphatic heterocycles. The second-order valence-electron chi connectivity index (χ2n) is 6.70. The van der Waals surface area contributed by atoms with E-state index in [9.17, 15) is 10.2 Å². The van der Waals surface area contributed by atoms with E-state index in [1.54, 1.807) is 0 Å². The topological polar surface area (TPSA) is 40.5 Å². The monoisotopic (exact) mass is 236 g/mol. The van der Waals surface area contributed by atoms with Crippen molar-refractivity contribution in [3.05, 3.63) is 28.8 Å². The molecule has 0 aliphatic carbocycles. The molecule has 0 atom stereocenters. The third-order valence-corrected chi connectivity index (χ3v) is 2.97. The Morgan fingerprint density at radius 3 is 1.47 bits per heavy atom. The highest BCUT2D eigenvalue weighted by atomic mass is 16.3. The molecule has 2 heteroatoms. The smallest absolute Gasteiger partial charge is 0.123 e. The molecule has 0 saturated heterocycles. The van der Waals surface area contributed by atoms with Crippen LogP contribution in [0.3, 0.4) is 0 Å². The van der Waals surface area contributed by atoms with E-state index in [-0.39, 0.29) is 17.4 Å². The molecule has 0 amide bonds. The van der Waals surface area contributed by atoms with Gasteiger partial charge >= 0.3 is 0 Å². The van der Waals surface area contributed by atoms with Gasteiger partial charge in [0.2, 0.25) is 0 Å². The number of aromatic hydroxyl groups is 1. The van der Waals surface area contributed by atoms with Crippen LogP contribution in [0.25, 0.3) is 0 Å². The van der Waals surface area contributed by atoms with E-state index in [4.69, 9.17) is 0 Å². The van der Waals surface area contributed by atoms with Crippen molar-refractivity contribution in [2.75, 3.05) is 0 Å². The van der Waals surface area contributed by atoms with Crippen LogP contribution >= 0.6 is 0 Å². The van der Waals surface area contributed by atoms with E-state index in [2.05, 4.69) is 41.5 Å². The SMILES string of the molecule is CC(C)(C)c1cc(CO)cc(C(C)(C)C)c1O. The van der Waals surface area contributed by atoms with Gasteiger partial charge in [-0.1, -0.05) is 41.5 Å². The summed E-state index contributed by atoms with van der Waals surface area (Å²) >= 11 is 0. The number of hydrogen-bond acceptors (Lipinski definition) is 2. The number of phenols is 1. The first kappa shape index (κ1) is 14.0. The highest BCUT2D eigenvalue weighted by Gasteiger charge is 2.26. The quantitative estimate of drug-likeness (QED) is 0.783. The van der Waals surface area contributed by atoms with Crippen molar-refractivity contribution in [2.24, 2.45) is 0 Å². The van der Waals surface area contributed by atoms with Gasteiger partial charge in [0.25, 0.3) is 0 Å². The Balaban J connectivity index is 3.53. The predicted molar refractivity (Wildman–Crippen MR) is 71.4 cm³/mol. The lowest BCUT2D eigenvalue weighted by atomic mass is 9.78. The van der Waals surface area contributed by atoms with E-state index in [1.165, 1.54) is 0 Å². The minimum Gasteiger partial charge on any atom is -0.507 e. The van der Waals surface area contributed by atoms with Crippen LogP contribution in [0.15, 0.2) is 12.1 Å². The van der Waals surface area contributed by atoms with Crippen molar-refractivity contribution in [2.45, 2.75) is 59.0 Å². The molecule has 0 saturated carbocycles. The molecule has 2 N–H and O–H groups in total. The molecule has 96 valence electrons. The molecule has 0 radical (unpaired) electrons. The third kappa shape index (κ3) is 3.01. The summed E-state index contributed by atoms with van der Waals surface area (Å²) in [7, 11) is 0. The van der Waals surface area contributed by atoms with Gasteiger partial charge in [-0.15, -0.1) is 0 Å². The first-order valence-corrected chi connectivity index (χ1v) is 6.05. The van der Waals surface area contributed by atoms with Crippen LogP contribution in [0.5, 0.6) is 5.75 Å². The molecular formula is C15H24O2. The van der Waals surface area contributed by atoms with E-state index >= 15 is 0 Å². The summed E-state index contributed by atoms with van der Waals surface area (Å²) in [6.45, 7) is 12.4. The normalized spacial score (nSPS) is 12.9. The van der Waals surface area contributed by atoms with Crippen molar-refractivity contribution in [1.29, 1.82) is 0 Å². The summed E-state index contributed by atoms with van der Waals surface area (Å²) in [5.41, 5.74) is 2.39. The van der Waals surface area contributed by atoms with Crippen LogP contribution in [0, 0.1) is 0 Å². The summed E-state index contributed by atoms with van der Waals surface area (Å²) in [6, 6.07) is 3.79. The Morgan fingerprint density at radius 2 is 1.24 bits per heavy atom. The first-order valence-electron chi connectivity index (χ1n) is 6.05. The van der Waals surface area contributed by atoms with Crippen LogP contribution in [0.4, 0.5) is 0 Å². The summed E-state index contributed by atoms with van der Waals surface area (Å²) in [4.78, 5) is 0. The minimum atomic E-state index is -0.130. The number of aliphatic hydroxyl groups is 1. The van der Waals surface area contributed by atoms with E-state index in [0.717, 1.165) is 16.7 Å². The molecule has 0 aromatic heterocycles. The Morgan fingerprint density at radius 1 is 0.882 bits per heavy atom. The highest BCUT2D eigenvalue weighted by Crippen LogP contribution is 2.39. The molecule has 0 spiro atoms. The maximum atomic E-state index is 10.4. The summed E-state index contributed by atoms with van der Waals surface area (Å²) in [6.07, 6.45) is 0. The Hall–Kier alpha value is -1.02. The molecule has 1 aromatic carbocycles. The van der Waals surface area contributed by atoms with E-state index in [1.807, 2.05) is 12.1 Å². The van der Waals surface area contributed by atoms with Gasteiger partial charge in [0.05, 0.1) is 6.61 Å². The van der Waals surface area contributed by atoms with Crippen molar-refractivity contribution in [3.8, 4) is 5.75 Å². The second-order valence-corrected chi connectivity index (χ2v) is 6.70.